The van der Waals surface area contributed by atoms with Gasteiger partial charge in [-0.3, -0.25) is 0 Å². The zero-order chi connectivity index (χ0) is 15.4. The summed E-state index contributed by atoms with van der Waals surface area (Å²) >= 11 is 6.50. The van der Waals surface area contributed by atoms with Crippen LogP contribution in [0.4, 0.5) is 0 Å². The van der Waals surface area contributed by atoms with E-state index in [9.17, 15) is 0 Å². The molecule has 2 aromatic carbocycles. The second-order valence-electron chi connectivity index (χ2n) is 4.73. The largest absolute Gasteiger partial charge is 1.00 e. The average Bonchev–Trinajstić information content (AvgIpc) is 2.51. The summed E-state index contributed by atoms with van der Waals surface area (Å²) in [5.41, 5.74) is 0. The monoisotopic (exact) mass is 426 g/mol. The maximum absolute atomic E-state index is 4.00. The van der Waals surface area contributed by atoms with Gasteiger partial charge in [-0.15, -0.1) is 0 Å². The van der Waals surface area contributed by atoms with Gasteiger partial charge >= 0.3 is 66.0 Å². The fourth-order valence-corrected chi connectivity index (χ4v) is 3.26. The molecule has 6 heteroatoms. The van der Waals surface area contributed by atoms with Crippen molar-refractivity contribution >= 4 is 42.1 Å². The first-order valence-electron chi connectivity index (χ1n) is 6.44. The van der Waals surface area contributed by atoms with Crippen LogP contribution in [0.2, 0.25) is 26.2 Å². The van der Waals surface area contributed by atoms with Crippen LogP contribution in [0.3, 0.4) is 0 Å². The van der Waals surface area contributed by atoms with Gasteiger partial charge in [0.1, 0.15) is 0 Å². The van der Waals surface area contributed by atoms with Gasteiger partial charge < -0.3 is 0 Å². The second kappa shape index (κ2) is 18.4. The number of hydrogen-bond acceptors (Lipinski definition) is 0. The molecule has 0 saturated heterocycles. The number of benzene rings is 2. The molecule has 0 bridgehead atoms. The minimum Gasteiger partial charge on any atom is 1.00 e. The Morgan fingerprint density at radius 3 is 0.955 bits per heavy atom. The van der Waals surface area contributed by atoms with Crippen molar-refractivity contribution < 1.29 is 51.9 Å². The van der Waals surface area contributed by atoms with Crippen LogP contribution in [0.25, 0.3) is 0 Å². The molecule has 2 aromatic rings. The van der Waals surface area contributed by atoms with E-state index in [2.05, 4.69) is 115 Å². The Morgan fingerprint density at radius 1 is 0.591 bits per heavy atom. The molecule has 0 fully saturated rings. The van der Waals surface area contributed by atoms with Crippen molar-refractivity contribution in [3.63, 3.8) is 0 Å². The molecule has 0 heterocycles. The molecule has 0 aliphatic carbocycles. The predicted octanol–water partition coefficient (Wildman–Crippen LogP) is -1.85. The Morgan fingerprint density at radius 2 is 0.818 bits per heavy atom. The van der Waals surface area contributed by atoms with Crippen LogP contribution in [0.5, 0.6) is 0 Å². The maximum Gasteiger partial charge on any atom is 1.00 e. The third-order valence-corrected chi connectivity index (χ3v) is 5.68. The van der Waals surface area contributed by atoms with Crippen molar-refractivity contribution in [1.82, 2.24) is 0 Å². The normalized spacial score (nSPS) is 8.59. The summed E-state index contributed by atoms with van der Waals surface area (Å²) in [7, 11) is -0.424. The van der Waals surface area contributed by atoms with E-state index in [1.165, 1.54) is 10.4 Å². The average molecular weight is 428 g/mol. The maximum atomic E-state index is 4.00. The van der Waals surface area contributed by atoms with E-state index in [-0.39, 0.29) is 55.3 Å². The molecule has 2 radical (unpaired) electrons. The van der Waals surface area contributed by atoms with E-state index in [1.807, 2.05) is 0 Å². The van der Waals surface area contributed by atoms with Crippen LogP contribution >= 0.6 is 14.1 Å². The van der Waals surface area contributed by atoms with Gasteiger partial charge in [0, 0.05) is 0 Å². The summed E-state index contributed by atoms with van der Waals surface area (Å²) in [5.74, 6) is 0. The molecule has 0 aliphatic rings. The summed E-state index contributed by atoms with van der Waals surface area (Å²) in [6.07, 6.45) is 0. The molecule has 0 amide bonds. The molecule has 112 valence electrons. The topological polar surface area (TPSA) is 0 Å². The molecule has 2 rings (SSSR count). The molecule has 0 unspecified atom stereocenters. The van der Waals surface area contributed by atoms with Crippen molar-refractivity contribution in [1.29, 1.82) is 0 Å². The van der Waals surface area contributed by atoms with Crippen molar-refractivity contribution in [2.24, 2.45) is 0 Å². The molecule has 0 aliphatic heterocycles. The smallest absolute Gasteiger partial charge is 1.00 e. The summed E-state index contributed by atoms with van der Waals surface area (Å²) in [5, 5.41) is 3.03. The Balaban J connectivity index is -0.000000273. The third kappa shape index (κ3) is 13.5. The standard InChI is InChI=1S/2C8H11Si.BrH.Cu.2Li/c2*1-9(2)8-6-4-3-5-7-8;;;;/h2*3-7H,1-2H3;1H;;;/q;;;3*+1/p-1. The van der Waals surface area contributed by atoms with Crippen molar-refractivity contribution in [2.75, 3.05) is 0 Å². The zero-order valence-corrected chi connectivity index (χ0v) is 19.0. The van der Waals surface area contributed by atoms with E-state index >= 15 is 0 Å². The quantitative estimate of drug-likeness (QED) is 0.494. The van der Waals surface area contributed by atoms with Gasteiger partial charge in [0.2, 0.25) is 0 Å². The molecule has 0 spiro atoms. The molecular formula is C16H22BrCuLi2Si2+2. The summed E-state index contributed by atoms with van der Waals surface area (Å²) in [6.45, 7) is 9.22. The Kier molecular flexibility index (Phi) is 23.3. The fraction of sp³-hybridized carbons (Fsp3) is 0.250. The first kappa shape index (κ1) is 27.9. The van der Waals surface area contributed by atoms with E-state index in [4.69, 9.17) is 0 Å². The van der Waals surface area contributed by atoms with Crippen LogP contribution in [-0.2, 0) is 14.2 Å². The Labute approximate surface area is 179 Å². The van der Waals surface area contributed by atoms with Gasteiger partial charge in [0.15, 0.2) is 0 Å². The molecule has 0 nitrogen and oxygen atoms in total. The SMILES string of the molecule is C[Si](C)c1ccccc1.C[Si](C)c1ccccc1.[Cu][Br].[Li+].[Li+]. The van der Waals surface area contributed by atoms with Gasteiger partial charge in [-0.05, 0) is 0 Å². The van der Waals surface area contributed by atoms with Crippen molar-refractivity contribution in [2.45, 2.75) is 26.2 Å². The van der Waals surface area contributed by atoms with Crippen LogP contribution < -0.4 is 48.1 Å². The van der Waals surface area contributed by atoms with Gasteiger partial charge in [-0.25, -0.2) is 0 Å². The predicted molar refractivity (Wildman–Crippen MR) is 96.0 cm³/mol. The fourth-order valence-electron chi connectivity index (χ4n) is 1.54. The van der Waals surface area contributed by atoms with Gasteiger partial charge in [-0.2, -0.15) is 0 Å². The summed E-state index contributed by atoms with van der Waals surface area (Å²) < 4.78 is 0. The van der Waals surface area contributed by atoms with Crippen molar-refractivity contribution in [3.8, 4) is 0 Å². The van der Waals surface area contributed by atoms with E-state index in [0.29, 0.717) is 0 Å². The summed E-state index contributed by atoms with van der Waals surface area (Å²) in [6, 6.07) is 21.4. The van der Waals surface area contributed by atoms with Crippen LogP contribution in [0, 0.1) is 0 Å². The first-order chi connectivity index (χ1) is 9.61. The molecule has 0 saturated carbocycles. The second-order valence-corrected chi connectivity index (χ2v) is 9.89. The van der Waals surface area contributed by atoms with Crippen molar-refractivity contribution in [3.05, 3.63) is 60.7 Å². The number of hydrogen-bond donors (Lipinski definition) is 0. The van der Waals surface area contributed by atoms with Crippen LogP contribution in [0.1, 0.15) is 0 Å². The molecule has 22 heavy (non-hydrogen) atoms. The first-order valence-corrected chi connectivity index (χ1v) is 13.8. The molecule has 0 atom stereocenters. The third-order valence-electron chi connectivity index (χ3n) is 2.70. The van der Waals surface area contributed by atoms with E-state index in [0.717, 1.165) is 0 Å². The van der Waals surface area contributed by atoms with Gasteiger partial charge in [-0.1, -0.05) is 97.2 Å². The Bertz CT molecular complexity index is 399. The molecular weight excluding hydrogens is 406 g/mol. The molecule has 0 aromatic heterocycles. The zero-order valence-electron chi connectivity index (χ0n) is 14.5. The van der Waals surface area contributed by atoms with E-state index in [1.54, 1.807) is 0 Å². The van der Waals surface area contributed by atoms with Gasteiger partial charge in [0.05, 0.1) is 17.6 Å². The minimum absolute atomic E-state index is 0. The Hall–Kier alpha value is 1.07. The molecule has 0 N–H and O–H groups in total. The minimum atomic E-state index is -0.212. The number of rotatable bonds is 2. The van der Waals surface area contributed by atoms with Crippen LogP contribution in [0.15, 0.2) is 60.7 Å². The van der Waals surface area contributed by atoms with Crippen LogP contribution in [-0.4, -0.2) is 17.6 Å². The number of halogens is 1. The van der Waals surface area contributed by atoms with Gasteiger partial charge in [0.25, 0.3) is 0 Å². The summed E-state index contributed by atoms with van der Waals surface area (Å²) in [4.78, 5) is 0. The van der Waals surface area contributed by atoms with E-state index < -0.39 is 0 Å².